The van der Waals surface area contributed by atoms with Gasteiger partial charge >= 0.3 is 0 Å². The third-order valence-corrected chi connectivity index (χ3v) is 5.00. The molecule has 3 aromatic rings. The van der Waals surface area contributed by atoms with Crippen LogP contribution in [0.25, 0.3) is 5.78 Å². The van der Waals surface area contributed by atoms with Crippen molar-refractivity contribution in [3.63, 3.8) is 0 Å². The van der Waals surface area contributed by atoms with Gasteiger partial charge in [0.15, 0.2) is 0 Å². The molecule has 146 valence electrons. The van der Waals surface area contributed by atoms with E-state index in [-0.39, 0.29) is 23.9 Å². The van der Waals surface area contributed by atoms with Crippen LogP contribution in [-0.2, 0) is 0 Å². The van der Waals surface area contributed by atoms with Gasteiger partial charge in [-0.25, -0.2) is 14.5 Å². The second kappa shape index (κ2) is 7.53. The van der Waals surface area contributed by atoms with Crippen LogP contribution >= 0.6 is 0 Å². The predicted octanol–water partition coefficient (Wildman–Crippen LogP) is 2.56. The van der Waals surface area contributed by atoms with Crippen LogP contribution in [0.4, 0.5) is 0 Å². The van der Waals surface area contributed by atoms with Crippen molar-refractivity contribution in [3.8, 4) is 5.88 Å². The molecule has 0 bridgehead atoms. The zero-order valence-electron chi connectivity index (χ0n) is 16.3. The number of nitrogens with one attached hydrogen (secondary N) is 1. The minimum atomic E-state index is -0.257. The van der Waals surface area contributed by atoms with Crippen LogP contribution in [0, 0.1) is 20.8 Å². The third kappa shape index (κ3) is 3.95. The Kier molecular flexibility index (Phi) is 4.93. The molecule has 1 aliphatic carbocycles. The van der Waals surface area contributed by atoms with Crippen LogP contribution in [0.1, 0.15) is 53.3 Å². The van der Waals surface area contributed by atoms with E-state index in [1.165, 1.54) is 0 Å². The minimum Gasteiger partial charge on any atom is -0.474 e. The average molecular weight is 380 g/mol. The van der Waals surface area contributed by atoms with Gasteiger partial charge in [0.2, 0.25) is 11.7 Å². The first-order chi connectivity index (χ1) is 13.5. The summed E-state index contributed by atoms with van der Waals surface area (Å²) < 4.78 is 7.55. The van der Waals surface area contributed by atoms with Gasteiger partial charge in [0, 0.05) is 29.7 Å². The summed E-state index contributed by atoms with van der Waals surface area (Å²) >= 11 is 0. The topological polar surface area (TPSA) is 94.3 Å². The lowest BCUT2D eigenvalue weighted by atomic mass is 9.93. The molecule has 0 aliphatic heterocycles. The van der Waals surface area contributed by atoms with Crippen molar-refractivity contribution in [3.05, 3.63) is 47.2 Å². The summed E-state index contributed by atoms with van der Waals surface area (Å²) in [6.07, 6.45) is 5.39. The quantitative estimate of drug-likeness (QED) is 0.748. The molecular weight excluding hydrogens is 356 g/mol. The van der Waals surface area contributed by atoms with Crippen molar-refractivity contribution in [2.75, 3.05) is 0 Å². The van der Waals surface area contributed by atoms with E-state index in [1.807, 2.05) is 39.0 Å². The zero-order chi connectivity index (χ0) is 19.7. The Morgan fingerprint density at radius 1 is 1.14 bits per heavy atom. The van der Waals surface area contributed by atoms with Crippen molar-refractivity contribution in [1.82, 2.24) is 29.9 Å². The van der Waals surface area contributed by atoms with Crippen molar-refractivity contribution in [2.24, 2.45) is 0 Å². The first-order valence-electron chi connectivity index (χ1n) is 9.59. The maximum atomic E-state index is 12.6. The zero-order valence-corrected chi connectivity index (χ0v) is 16.3. The molecular formula is C20H24N6O2. The van der Waals surface area contributed by atoms with Gasteiger partial charge in [0.1, 0.15) is 6.10 Å². The summed E-state index contributed by atoms with van der Waals surface area (Å²) in [5, 5.41) is 7.34. The summed E-state index contributed by atoms with van der Waals surface area (Å²) in [6, 6.07) is 5.90. The molecule has 1 aliphatic rings. The van der Waals surface area contributed by atoms with Gasteiger partial charge in [0.25, 0.3) is 11.7 Å². The molecule has 1 saturated carbocycles. The highest BCUT2D eigenvalue weighted by Crippen LogP contribution is 2.23. The number of ether oxygens (including phenoxy) is 1. The Morgan fingerprint density at radius 2 is 1.93 bits per heavy atom. The molecule has 3 aromatic heterocycles. The van der Waals surface area contributed by atoms with Gasteiger partial charge < -0.3 is 10.1 Å². The van der Waals surface area contributed by atoms with Gasteiger partial charge in [-0.1, -0.05) is 6.07 Å². The lowest BCUT2D eigenvalue weighted by Gasteiger charge is -2.28. The van der Waals surface area contributed by atoms with E-state index in [9.17, 15) is 4.79 Å². The third-order valence-electron chi connectivity index (χ3n) is 5.00. The molecule has 8 heteroatoms. The average Bonchev–Trinajstić information content (AvgIpc) is 3.10. The Morgan fingerprint density at radius 3 is 2.64 bits per heavy atom. The second-order valence-electron chi connectivity index (χ2n) is 7.42. The molecule has 0 unspecified atom stereocenters. The number of hydrogen-bond acceptors (Lipinski definition) is 6. The molecule has 0 aromatic carbocycles. The highest BCUT2D eigenvalue weighted by atomic mass is 16.5. The molecule has 1 fully saturated rings. The molecule has 0 atom stereocenters. The van der Waals surface area contributed by atoms with E-state index in [2.05, 4.69) is 25.4 Å². The fourth-order valence-electron chi connectivity index (χ4n) is 3.53. The van der Waals surface area contributed by atoms with E-state index in [0.717, 1.165) is 42.6 Å². The fourth-order valence-corrected chi connectivity index (χ4v) is 3.53. The number of carbonyl (C=O) groups is 1. The minimum absolute atomic E-state index is 0.0979. The number of carbonyl (C=O) groups excluding carboxylic acids is 1. The molecule has 1 amide bonds. The number of rotatable bonds is 4. The standard InChI is InChI=1S/C20H24N6O2/c1-12-4-9-17(21-11-12)28-16-7-5-15(6-8-16)23-19(27)18-24-20-22-13(2)10-14(3)26(20)25-18/h4,9-11,15-16H,5-8H2,1-3H3,(H,23,27). The lowest BCUT2D eigenvalue weighted by Crippen LogP contribution is -2.40. The highest BCUT2D eigenvalue weighted by Gasteiger charge is 2.25. The maximum Gasteiger partial charge on any atom is 0.291 e. The fraction of sp³-hybridized carbons (Fsp3) is 0.450. The van der Waals surface area contributed by atoms with Gasteiger partial charge in [-0.2, -0.15) is 4.98 Å². The van der Waals surface area contributed by atoms with Crippen LogP contribution < -0.4 is 10.1 Å². The number of pyridine rings is 1. The second-order valence-corrected chi connectivity index (χ2v) is 7.42. The van der Waals surface area contributed by atoms with Crippen LogP contribution in [0.5, 0.6) is 5.88 Å². The number of amides is 1. The number of aromatic nitrogens is 5. The van der Waals surface area contributed by atoms with Gasteiger partial charge in [-0.05, 0) is 58.1 Å². The number of nitrogens with zero attached hydrogens (tertiary/aromatic N) is 5. The number of aryl methyl sites for hydroxylation is 3. The first kappa shape index (κ1) is 18.3. The van der Waals surface area contributed by atoms with Crippen molar-refractivity contribution < 1.29 is 9.53 Å². The van der Waals surface area contributed by atoms with Gasteiger partial charge in [-0.3, -0.25) is 4.79 Å². The summed E-state index contributed by atoms with van der Waals surface area (Å²) in [5.74, 6) is 1.01. The van der Waals surface area contributed by atoms with Gasteiger partial charge in [0.05, 0.1) is 0 Å². The molecule has 1 N–H and O–H groups in total. The summed E-state index contributed by atoms with van der Waals surface area (Å²) in [4.78, 5) is 25.5. The van der Waals surface area contributed by atoms with Gasteiger partial charge in [-0.15, -0.1) is 5.10 Å². The van der Waals surface area contributed by atoms with E-state index >= 15 is 0 Å². The summed E-state index contributed by atoms with van der Waals surface area (Å²) in [7, 11) is 0. The Hall–Kier alpha value is -3.03. The van der Waals surface area contributed by atoms with Crippen LogP contribution in [0.2, 0.25) is 0 Å². The van der Waals surface area contributed by atoms with Crippen molar-refractivity contribution >= 4 is 11.7 Å². The number of hydrogen-bond donors (Lipinski definition) is 1. The van der Waals surface area contributed by atoms with E-state index in [4.69, 9.17) is 4.74 Å². The van der Waals surface area contributed by atoms with Crippen molar-refractivity contribution in [2.45, 2.75) is 58.6 Å². The lowest BCUT2D eigenvalue weighted by molar-refractivity contribution is 0.0880. The Balaban J connectivity index is 1.33. The summed E-state index contributed by atoms with van der Waals surface area (Å²) in [5.41, 5.74) is 2.86. The highest BCUT2D eigenvalue weighted by molar-refractivity contribution is 5.91. The number of fused-ring (bicyclic) bond motifs is 1. The van der Waals surface area contributed by atoms with Crippen LogP contribution in [0.3, 0.4) is 0 Å². The van der Waals surface area contributed by atoms with Crippen LogP contribution in [-0.4, -0.2) is 42.6 Å². The van der Waals surface area contributed by atoms with E-state index in [1.54, 1.807) is 10.7 Å². The Bertz CT molecular complexity index is 990. The first-order valence-corrected chi connectivity index (χ1v) is 9.59. The SMILES string of the molecule is Cc1ccc(OC2CCC(NC(=O)c3nc4nc(C)cc(C)n4n3)CC2)nc1. The predicted molar refractivity (Wildman–Crippen MR) is 103 cm³/mol. The van der Waals surface area contributed by atoms with Crippen molar-refractivity contribution in [1.29, 1.82) is 0 Å². The smallest absolute Gasteiger partial charge is 0.291 e. The van der Waals surface area contributed by atoms with E-state index in [0.29, 0.717) is 11.7 Å². The van der Waals surface area contributed by atoms with E-state index < -0.39 is 0 Å². The summed E-state index contributed by atoms with van der Waals surface area (Å²) in [6.45, 7) is 5.82. The molecule has 8 nitrogen and oxygen atoms in total. The van der Waals surface area contributed by atoms with Crippen LogP contribution in [0.15, 0.2) is 24.4 Å². The molecule has 3 heterocycles. The molecule has 4 rings (SSSR count). The monoisotopic (exact) mass is 380 g/mol. The normalized spacial score (nSPS) is 19.5. The molecule has 28 heavy (non-hydrogen) atoms. The Labute approximate surface area is 163 Å². The largest absolute Gasteiger partial charge is 0.474 e. The maximum absolute atomic E-state index is 12.6. The molecule has 0 radical (unpaired) electrons. The molecule has 0 spiro atoms. The molecule has 0 saturated heterocycles.